The molecule has 53 heavy (non-hydrogen) atoms. The van der Waals surface area contributed by atoms with Crippen LogP contribution in [0.2, 0.25) is 0 Å². The molecule has 3 aliphatic rings. The summed E-state index contributed by atoms with van der Waals surface area (Å²) in [5, 5.41) is 8.69. The van der Waals surface area contributed by atoms with Gasteiger partial charge in [0.1, 0.15) is 0 Å². The molecule has 1 heterocycles. The maximum Gasteiger partial charge on any atom is 0.170 e. The molecule has 3 aliphatic carbocycles. The lowest BCUT2D eigenvalue weighted by molar-refractivity contribution is 0.591. The molecule has 0 fully saturated rings. The van der Waals surface area contributed by atoms with Gasteiger partial charge in [-0.2, -0.15) is 0 Å². The van der Waals surface area contributed by atoms with Crippen molar-refractivity contribution in [1.29, 1.82) is 0 Å². The van der Waals surface area contributed by atoms with Crippen LogP contribution in [0.15, 0.2) is 151 Å². The van der Waals surface area contributed by atoms with Gasteiger partial charge in [-0.05, 0) is 101 Å². The first kappa shape index (κ1) is 32.1. The summed E-state index contributed by atoms with van der Waals surface area (Å²) in [6, 6.07) is 40.7. The number of aromatic nitrogens is 1. The van der Waals surface area contributed by atoms with Crippen LogP contribution in [0.4, 0.5) is 0 Å². The van der Waals surface area contributed by atoms with Gasteiger partial charge in [0.15, 0.2) is 7.14 Å². The Labute approximate surface area is 311 Å². The second-order valence-electron chi connectivity index (χ2n) is 14.6. The Kier molecular flexibility index (Phi) is 7.96. The third-order valence-electron chi connectivity index (χ3n) is 11.5. The second kappa shape index (κ2) is 13.1. The van der Waals surface area contributed by atoms with E-state index in [-0.39, 0.29) is 0 Å². The van der Waals surface area contributed by atoms with E-state index in [0.29, 0.717) is 0 Å². The van der Waals surface area contributed by atoms with E-state index in [0.717, 1.165) is 93.1 Å². The molecule has 7 aromatic rings. The fourth-order valence-electron chi connectivity index (χ4n) is 8.88. The summed E-state index contributed by atoms with van der Waals surface area (Å²) in [6.07, 6.45) is 23.3. The predicted molar refractivity (Wildman–Crippen MR) is 227 cm³/mol. The third kappa shape index (κ3) is 5.39. The van der Waals surface area contributed by atoms with E-state index in [2.05, 4.69) is 127 Å². The molecule has 3 heteroatoms. The summed E-state index contributed by atoms with van der Waals surface area (Å²) in [7, 11) is -3.00. The molecule has 0 amide bonds. The van der Waals surface area contributed by atoms with Gasteiger partial charge >= 0.3 is 0 Å². The van der Waals surface area contributed by atoms with Crippen LogP contribution in [0.25, 0.3) is 67.0 Å². The van der Waals surface area contributed by atoms with Crippen LogP contribution in [-0.4, -0.2) is 4.98 Å². The fraction of sp³-hybridized carbons (Fsp3) is 0.140. The van der Waals surface area contributed by atoms with E-state index in [1.54, 1.807) is 0 Å². The van der Waals surface area contributed by atoms with Gasteiger partial charge in [0, 0.05) is 37.8 Å². The molecule has 0 N–H and O–H groups in total. The van der Waals surface area contributed by atoms with Gasteiger partial charge in [-0.1, -0.05) is 146 Å². The smallest absolute Gasteiger partial charge is 0.170 e. The number of allylic oxidation sites excluding steroid dienone is 6. The molecule has 10 rings (SSSR count). The highest BCUT2D eigenvalue weighted by Gasteiger charge is 2.31. The summed E-state index contributed by atoms with van der Waals surface area (Å²) >= 11 is 0. The fourth-order valence-corrected chi connectivity index (χ4v) is 11.7. The Morgan fingerprint density at radius 3 is 2.08 bits per heavy atom. The summed E-state index contributed by atoms with van der Waals surface area (Å²) < 4.78 is 15.0. The third-order valence-corrected chi connectivity index (χ3v) is 14.6. The molecular formula is C50H40NOP. The summed E-state index contributed by atoms with van der Waals surface area (Å²) in [5.74, 6) is 0. The molecule has 1 atom stereocenters. The first-order valence-corrected chi connectivity index (χ1v) is 20.8. The average Bonchev–Trinajstić information content (AvgIpc) is 3.50. The van der Waals surface area contributed by atoms with Crippen LogP contribution in [0.1, 0.15) is 54.4 Å². The van der Waals surface area contributed by atoms with Crippen molar-refractivity contribution < 1.29 is 4.57 Å². The van der Waals surface area contributed by atoms with Crippen LogP contribution in [0.3, 0.4) is 0 Å². The Morgan fingerprint density at radius 2 is 1.23 bits per heavy atom. The molecule has 0 radical (unpaired) electrons. The van der Waals surface area contributed by atoms with E-state index >= 15 is 4.57 Å². The lowest BCUT2D eigenvalue weighted by Crippen LogP contribution is -2.17. The molecule has 256 valence electrons. The molecule has 0 saturated heterocycles. The van der Waals surface area contributed by atoms with Crippen molar-refractivity contribution in [3.8, 4) is 22.4 Å². The van der Waals surface area contributed by atoms with Gasteiger partial charge in [-0.3, -0.25) is 0 Å². The summed E-state index contributed by atoms with van der Waals surface area (Å²) in [4.78, 5) is 5.55. The van der Waals surface area contributed by atoms with Crippen molar-refractivity contribution in [2.24, 2.45) is 0 Å². The first-order valence-electron chi connectivity index (χ1n) is 19.1. The zero-order valence-electron chi connectivity index (χ0n) is 29.8. The number of fused-ring (bicyclic) bond motifs is 9. The monoisotopic (exact) mass is 701 g/mol. The molecule has 0 saturated carbocycles. The molecule has 0 aliphatic heterocycles. The molecule has 1 unspecified atom stereocenters. The van der Waals surface area contributed by atoms with E-state index in [1.165, 1.54) is 44.8 Å². The maximum atomic E-state index is 15.0. The second-order valence-corrected chi connectivity index (χ2v) is 17.4. The molecule has 0 bridgehead atoms. The minimum absolute atomic E-state index is 0.880. The average molecular weight is 702 g/mol. The van der Waals surface area contributed by atoms with Crippen molar-refractivity contribution in [2.45, 2.75) is 44.9 Å². The lowest BCUT2D eigenvalue weighted by atomic mass is 9.83. The Morgan fingerprint density at radius 1 is 0.528 bits per heavy atom. The van der Waals surface area contributed by atoms with E-state index in [1.807, 2.05) is 30.3 Å². The van der Waals surface area contributed by atoms with Gasteiger partial charge in [-0.25, -0.2) is 4.98 Å². The van der Waals surface area contributed by atoms with Gasteiger partial charge in [-0.15, -0.1) is 0 Å². The Balaban J connectivity index is 1.05. The van der Waals surface area contributed by atoms with Crippen LogP contribution >= 0.6 is 7.14 Å². The topological polar surface area (TPSA) is 30.0 Å². The number of benzene rings is 6. The summed E-state index contributed by atoms with van der Waals surface area (Å²) in [5.41, 5.74) is 11.3. The zero-order valence-corrected chi connectivity index (χ0v) is 30.7. The minimum atomic E-state index is -3.00. The number of rotatable bonds is 5. The highest BCUT2D eigenvalue weighted by Crippen LogP contribution is 2.53. The molecule has 0 spiro atoms. The minimum Gasteiger partial charge on any atom is -0.309 e. The van der Waals surface area contributed by atoms with Gasteiger partial charge in [0.25, 0.3) is 0 Å². The number of hydrogen-bond acceptors (Lipinski definition) is 2. The molecule has 6 aromatic carbocycles. The highest BCUT2D eigenvalue weighted by molar-refractivity contribution is 7.82. The van der Waals surface area contributed by atoms with Gasteiger partial charge in [0.2, 0.25) is 0 Å². The van der Waals surface area contributed by atoms with Crippen molar-refractivity contribution in [3.05, 3.63) is 173 Å². The van der Waals surface area contributed by atoms with Gasteiger partial charge in [0.05, 0.1) is 11.2 Å². The Bertz CT molecular complexity index is 2770. The van der Waals surface area contributed by atoms with Crippen molar-refractivity contribution in [3.63, 3.8) is 0 Å². The first-order chi connectivity index (χ1) is 26.2. The van der Waals surface area contributed by atoms with E-state index < -0.39 is 7.14 Å². The van der Waals surface area contributed by atoms with E-state index in [9.17, 15) is 0 Å². The SMILES string of the molecule is O=P(C1=CCCC=C1)(c1ccccc1)c1ccc2cc(-c3ccc(-c4nc5c6c(c7c(c5c5ccccc45)C=CCC7)CCCC=C6)cc3)ccc2c1. The molecular weight excluding hydrogens is 662 g/mol. The van der Waals surface area contributed by atoms with Crippen LogP contribution in [0, 0.1) is 0 Å². The van der Waals surface area contributed by atoms with Crippen molar-refractivity contribution in [1.82, 2.24) is 4.98 Å². The van der Waals surface area contributed by atoms with Crippen LogP contribution < -0.4 is 10.6 Å². The van der Waals surface area contributed by atoms with Gasteiger partial charge < -0.3 is 4.57 Å². The molecule has 2 nitrogen and oxygen atoms in total. The van der Waals surface area contributed by atoms with Crippen molar-refractivity contribution in [2.75, 3.05) is 0 Å². The van der Waals surface area contributed by atoms with Crippen molar-refractivity contribution >= 4 is 62.4 Å². The largest absolute Gasteiger partial charge is 0.309 e. The highest BCUT2D eigenvalue weighted by atomic mass is 31.2. The normalized spacial score (nSPS) is 16.3. The van der Waals surface area contributed by atoms with Crippen LogP contribution in [0.5, 0.6) is 0 Å². The predicted octanol–water partition coefficient (Wildman–Crippen LogP) is 12.7. The standard InChI is InChI=1S/C50H40NOP/c52-53(39-14-4-1-5-15-39,40-16-6-2-7-17-40)41-31-30-37-32-36(28-29-38(37)33-41)34-24-26-35(27-25-34)49-47-23-13-12-21-45(47)48-44-20-11-10-19-42(44)43-18-8-3-9-22-46(43)50(48)51-49/h1,4-6,9,11-17,20-33H,2-3,7-8,10,18-19H2. The molecule has 1 aromatic heterocycles. The van der Waals surface area contributed by atoms with Crippen LogP contribution in [-0.2, 0) is 17.4 Å². The summed E-state index contributed by atoms with van der Waals surface area (Å²) in [6.45, 7) is 0. The number of nitrogens with zero attached hydrogens (tertiary/aromatic N) is 1. The maximum absolute atomic E-state index is 15.0. The number of pyridine rings is 1. The zero-order chi connectivity index (χ0) is 35.4. The Hall–Kier alpha value is -5.56. The number of hydrogen-bond donors (Lipinski definition) is 0. The quantitative estimate of drug-likeness (QED) is 0.132. The van der Waals surface area contributed by atoms with E-state index in [4.69, 9.17) is 4.98 Å². The lowest BCUT2D eigenvalue weighted by Gasteiger charge is -2.23.